The van der Waals surface area contributed by atoms with Crippen molar-refractivity contribution < 1.29 is 4.79 Å². The zero-order valence-electron chi connectivity index (χ0n) is 14.6. The SMILES string of the molecule is CC1CCC(C(C)C)N(C(=O)CCc2ccc(C#N)cc2)CC1. The summed E-state index contributed by atoms with van der Waals surface area (Å²) in [4.78, 5) is 14.9. The molecule has 0 bridgehead atoms. The lowest BCUT2D eigenvalue weighted by atomic mass is 9.95. The first-order valence-corrected chi connectivity index (χ1v) is 8.79. The monoisotopic (exact) mass is 312 g/mol. The zero-order valence-corrected chi connectivity index (χ0v) is 14.6. The standard InChI is InChI=1S/C20H28N2O/c1-15(2)19-10-4-16(3)12-13-22(19)20(23)11-9-17-5-7-18(14-21)8-6-17/h5-8,15-16,19H,4,9-13H2,1-3H3. The second-order valence-electron chi connectivity index (χ2n) is 7.18. The molecule has 0 aromatic heterocycles. The number of carbonyl (C=O) groups excluding carboxylic acids is 1. The molecule has 124 valence electrons. The highest BCUT2D eigenvalue weighted by atomic mass is 16.2. The van der Waals surface area contributed by atoms with Crippen molar-refractivity contribution in [2.24, 2.45) is 11.8 Å². The van der Waals surface area contributed by atoms with Crippen LogP contribution in [0.2, 0.25) is 0 Å². The fourth-order valence-electron chi connectivity index (χ4n) is 3.42. The molecule has 0 aliphatic carbocycles. The van der Waals surface area contributed by atoms with Crippen LogP contribution in [0.1, 0.15) is 57.6 Å². The van der Waals surface area contributed by atoms with Gasteiger partial charge in [0.25, 0.3) is 0 Å². The van der Waals surface area contributed by atoms with Crippen molar-refractivity contribution in [2.45, 2.75) is 58.9 Å². The molecule has 1 fully saturated rings. The summed E-state index contributed by atoms with van der Waals surface area (Å²) in [5.74, 6) is 1.51. The third-order valence-corrected chi connectivity index (χ3v) is 5.02. The molecule has 0 spiro atoms. The van der Waals surface area contributed by atoms with Crippen LogP contribution in [0, 0.1) is 23.2 Å². The summed E-state index contributed by atoms with van der Waals surface area (Å²) in [5.41, 5.74) is 1.79. The Bertz CT molecular complexity index is 556. The average molecular weight is 312 g/mol. The van der Waals surface area contributed by atoms with E-state index in [0.717, 1.165) is 31.4 Å². The van der Waals surface area contributed by atoms with E-state index in [1.54, 1.807) is 0 Å². The van der Waals surface area contributed by atoms with E-state index in [1.807, 2.05) is 24.3 Å². The van der Waals surface area contributed by atoms with E-state index in [1.165, 1.54) is 6.42 Å². The predicted molar refractivity (Wildman–Crippen MR) is 92.8 cm³/mol. The highest BCUT2D eigenvalue weighted by molar-refractivity contribution is 5.77. The lowest BCUT2D eigenvalue weighted by Crippen LogP contribution is -2.43. The number of nitrogens with zero attached hydrogens (tertiary/aromatic N) is 2. The fraction of sp³-hybridized carbons (Fsp3) is 0.600. The topological polar surface area (TPSA) is 44.1 Å². The molecule has 2 rings (SSSR count). The molecule has 2 atom stereocenters. The molecule has 1 aromatic carbocycles. The van der Waals surface area contributed by atoms with Crippen molar-refractivity contribution in [2.75, 3.05) is 6.54 Å². The second kappa shape index (κ2) is 8.15. The van der Waals surface area contributed by atoms with Crippen molar-refractivity contribution in [3.05, 3.63) is 35.4 Å². The Morgan fingerprint density at radius 3 is 2.57 bits per heavy atom. The number of rotatable bonds is 4. The van der Waals surface area contributed by atoms with Crippen molar-refractivity contribution in [1.29, 1.82) is 5.26 Å². The van der Waals surface area contributed by atoms with Crippen LogP contribution >= 0.6 is 0 Å². The molecule has 1 saturated heterocycles. The van der Waals surface area contributed by atoms with Crippen molar-refractivity contribution in [1.82, 2.24) is 4.90 Å². The molecular weight excluding hydrogens is 284 g/mol. The van der Waals surface area contributed by atoms with E-state index >= 15 is 0 Å². The molecule has 3 heteroatoms. The highest BCUT2D eigenvalue weighted by Crippen LogP contribution is 2.26. The molecule has 1 heterocycles. The second-order valence-corrected chi connectivity index (χ2v) is 7.18. The summed E-state index contributed by atoms with van der Waals surface area (Å²) in [6.07, 6.45) is 4.78. The number of likely N-dealkylation sites (tertiary alicyclic amines) is 1. The van der Waals surface area contributed by atoms with Gasteiger partial charge in [-0.1, -0.05) is 32.9 Å². The molecule has 0 saturated carbocycles. The maximum atomic E-state index is 12.7. The van der Waals surface area contributed by atoms with Crippen LogP contribution in [0.25, 0.3) is 0 Å². The van der Waals surface area contributed by atoms with Crippen LogP contribution in [0.3, 0.4) is 0 Å². The molecule has 23 heavy (non-hydrogen) atoms. The van der Waals surface area contributed by atoms with Crippen LogP contribution in [0.4, 0.5) is 0 Å². The first-order valence-electron chi connectivity index (χ1n) is 8.79. The Kier molecular flexibility index (Phi) is 6.21. The number of aryl methyl sites for hydroxylation is 1. The first kappa shape index (κ1) is 17.5. The Morgan fingerprint density at radius 2 is 1.96 bits per heavy atom. The Morgan fingerprint density at radius 1 is 1.26 bits per heavy atom. The van der Waals surface area contributed by atoms with Gasteiger partial charge < -0.3 is 4.90 Å². The minimum absolute atomic E-state index is 0.280. The molecule has 3 nitrogen and oxygen atoms in total. The Hall–Kier alpha value is -1.82. The van der Waals surface area contributed by atoms with Gasteiger partial charge in [0.1, 0.15) is 0 Å². The predicted octanol–water partition coefficient (Wildman–Crippen LogP) is 4.16. The van der Waals surface area contributed by atoms with Gasteiger partial charge in [0, 0.05) is 19.0 Å². The third kappa shape index (κ3) is 4.82. The minimum Gasteiger partial charge on any atom is -0.339 e. The molecule has 2 unspecified atom stereocenters. The van der Waals surface area contributed by atoms with Crippen LogP contribution in [0.15, 0.2) is 24.3 Å². The number of benzene rings is 1. The summed E-state index contributed by atoms with van der Waals surface area (Å²) in [5, 5.41) is 8.84. The van der Waals surface area contributed by atoms with Gasteiger partial charge in [-0.25, -0.2) is 0 Å². The van der Waals surface area contributed by atoms with E-state index in [0.29, 0.717) is 29.9 Å². The molecule has 0 radical (unpaired) electrons. The molecule has 1 aliphatic heterocycles. The van der Waals surface area contributed by atoms with E-state index in [2.05, 4.69) is 31.7 Å². The summed E-state index contributed by atoms with van der Waals surface area (Å²) >= 11 is 0. The van der Waals surface area contributed by atoms with Gasteiger partial charge in [-0.15, -0.1) is 0 Å². The minimum atomic E-state index is 0.280. The number of carbonyl (C=O) groups is 1. The van der Waals surface area contributed by atoms with Crippen LogP contribution < -0.4 is 0 Å². The smallest absolute Gasteiger partial charge is 0.223 e. The van der Waals surface area contributed by atoms with E-state index in [4.69, 9.17) is 5.26 Å². The summed E-state index contributed by atoms with van der Waals surface area (Å²) < 4.78 is 0. The summed E-state index contributed by atoms with van der Waals surface area (Å²) in [7, 11) is 0. The molecule has 1 amide bonds. The van der Waals surface area contributed by atoms with Gasteiger partial charge in [0.2, 0.25) is 5.91 Å². The molecule has 1 aromatic rings. The van der Waals surface area contributed by atoms with Gasteiger partial charge in [0.15, 0.2) is 0 Å². The fourth-order valence-corrected chi connectivity index (χ4v) is 3.42. The number of hydrogen-bond donors (Lipinski definition) is 0. The third-order valence-electron chi connectivity index (χ3n) is 5.02. The zero-order chi connectivity index (χ0) is 16.8. The normalized spacial score (nSPS) is 21.8. The van der Waals surface area contributed by atoms with Crippen LogP contribution in [0.5, 0.6) is 0 Å². The van der Waals surface area contributed by atoms with E-state index in [9.17, 15) is 4.79 Å². The van der Waals surface area contributed by atoms with Crippen LogP contribution in [-0.4, -0.2) is 23.4 Å². The lowest BCUT2D eigenvalue weighted by molar-refractivity contribution is -0.134. The van der Waals surface area contributed by atoms with Crippen molar-refractivity contribution in [3.8, 4) is 6.07 Å². The van der Waals surface area contributed by atoms with Gasteiger partial charge in [-0.05, 0) is 55.2 Å². The maximum Gasteiger partial charge on any atom is 0.223 e. The Labute approximate surface area is 140 Å². The lowest BCUT2D eigenvalue weighted by Gasteiger charge is -2.33. The molecule has 0 N–H and O–H groups in total. The van der Waals surface area contributed by atoms with Gasteiger partial charge in [-0.2, -0.15) is 5.26 Å². The van der Waals surface area contributed by atoms with Crippen molar-refractivity contribution >= 4 is 5.91 Å². The van der Waals surface area contributed by atoms with Gasteiger partial charge in [-0.3, -0.25) is 4.79 Å². The van der Waals surface area contributed by atoms with Crippen LogP contribution in [-0.2, 0) is 11.2 Å². The largest absolute Gasteiger partial charge is 0.339 e. The van der Waals surface area contributed by atoms with Crippen molar-refractivity contribution in [3.63, 3.8) is 0 Å². The average Bonchev–Trinajstić information content (AvgIpc) is 2.75. The maximum absolute atomic E-state index is 12.7. The number of amides is 1. The van der Waals surface area contributed by atoms with Gasteiger partial charge >= 0.3 is 0 Å². The molecule has 1 aliphatic rings. The first-order chi connectivity index (χ1) is 11.0. The molecular formula is C20H28N2O. The Balaban J connectivity index is 1.97. The number of nitriles is 1. The van der Waals surface area contributed by atoms with Gasteiger partial charge in [0.05, 0.1) is 11.6 Å². The summed E-state index contributed by atoms with van der Waals surface area (Å²) in [6, 6.07) is 10.1. The highest BCUT2D eigenvalue weighted by Gasteiger charge is 2.29. The summed E-state index contributed by atoms with van der Waals surface area (Å²) in [6.45, 7) is 7.64. The van der Waals surface area contributed by atoms with E-state index in [-0.39, 0.29) is 5.91 Å². The number of hydrogen-bond acceptors (Lipinski definition) is 2. The van der Waals surface area contributed by atoms with E-state index < -0.39 is 0 Å². The quantitative estimate of drug-likeness (QED) is 0.837.